The summed E-state index contributed by atoms with van der Waals surface area (Å²) in [5.74, 6) is -0.754. The first-order valence-corrected chi connectivity index (χ1v) is 7.26. The molecule has 5 nitrogen and oxygen atoms in total. The molecule has 0 amide bonds. The van der Waals surface area contributed by atoms with Gasteiger partial charge in [0.25, 0.3) is 0 Å². The van der Waals surface area contributed by atoms with Crippen LogP contribution in [0.15, 0.2) is 0 Å². The van der Waals surface area contributed by atoms with Gasteiger partial charge in [-0.25, -0.2) is 0 Å². The van der Waals surface area contributed by atoms with E-state index in [4.69, 9.17) is 9.47 Å². The highest BCUT2D eigenvalue weighted by atomic mass is 16.6. The van der Waals surface area contributed by atoms with Crippen LogP contribution in [0.25, 0.3) is 0 Å². The molecule has 1 saturated carbocycles. The molecule has 1 aliphatic carbocycles. The van der Waals surface area contributed by atoms with E-state index in [1.165, 1.54) is 0 Å². The maximum atomic E-state index is 11.8. The first kappa shape index (κ1) is 17.0. The molecule has 0 radical (unpaired) electrons. The van der Waals surface area contributed by atoms with Gasteiger partial charge in [-0.3, -0.25) is 9.59 Å². The third-order valence-corrected chi connectivity index (χ3v) is 3.43. The molecule has 1 fully saturated rings. The van der Waals surface area contributed by atoms with Crippen LogP contribution in [-0.2, 0) is 19.1 Å². The average molecular weight is 286 g/mol. The zero-order valence-electron chi connectivity index (χ0n) is 12.9. The Hall–Kier alpha value is -1.10. The number of carbonyl (C=O) groups excluding carboxylic acids is 2. The van der Waals surface area contributed by atoms with Crippen molar-refractivity contribution < 1.29 is 24.2 Å². The topological polar surface area (TPSA) is 72.8 Å². The molecule has 0 unspecified atom stereocenters. The Labute approximate surface area is 120 Å². The van der Waals surface area contributed by atoms with Crippen molar-refractivity contribution >= 4 is 11.9 Å². The zero-order valence-corrected chi connectivity index (χ0v) is 12.9. The fraction of sp³-hybridized carbons (Fsp3) is 0.867. The Bertz CT molecular complexity index is 348. The van der Waals surface area contributed by atoms with Crippen LogP contribution >= 0.6 is 0 Å². The van der Waals surface area contributed by atoms with E-state index >= 15 is 0 Å². The molecule has 1 aliphatic rings. The molecule has 0 aromatic heterocycles. The molecule has 116 valence electrons. The number of hydrogen-bond donors (Lipinski definition) is 1. The molecular weight excluding hydrogens is 260 g/mol. The van der Waals surface area contributed by atoms with Crippen LogP contribution in [0.4, 0.5) is 0 Å². The Morgan fingerprint density at radius 2 is 1.80 bits per heavy atom. The van der Waals surface area contributed by atoms with Crippen LogP contribution in [0, 0.1) is 5.92 Å². The van der Waals surface area contributed by atoms with E-state index in [9.17, 15) is 14.7 Å². The normalized spacial score (nSPS) is 26.9. The summed E-state index contributed by atoms with van der Waals surface area (Å²) in [6, 6.07) is 0. The second-order valence-corrected chi connectivity index (χ2v) is 6.51. The monoisotopic (exact) mass is 286 g/mol. The molecule has 0 atom stereocenters. The molecule has 5 heteroatoms. The maximum absolute atomic E-state index is 11.8. The van der Waals surface area contributed by atoms with E-state index in [0.29, 0.717) is 32.3 Å². The maximum Gasteiger partial charge on any atom is 0.309 e. The predicted octanol–water partition coefficient (Wildman–Crippen LogP) is 2.20. The Balaban J connectivity index is 2.46. The fourth-order valence-corrected chi connectivity index (χ4v) is 2.47. The first-order valence-electron chi connectivity index (χ1n) is 7.26. The highest BCUT2D eigenvalue weighted by Gasteiger charge is 2.38. The van der Waals surface area contributed by atoms with E-state index in [0.717, 1.165) is 0 Å². The van der Waals surface area contributed by atoms with Crippen LogP contribution in [0.1, 0.15) is 59.8 Å². The minimum Gasteiger partial charge on any atom is -0.466 e. The lowest BCUT2D eigenvalue weighted by atomic mass is 9.77. The van der Waals surface area contributed by atoms with Gasteiger partial charge in [-0.05, 0) is 53.4 Å². The quantitative estimate of drug-likeness (QED) is 0.802. The van der Waals surface area contributed by atoms with Gasteiger partial charge in [0.1, 0.15) is 5.60 Å². The van der Waals surface area contributed by atoms with Crippen LogP contribution in [0.2, 0.25) is 0 Å². The summed E-state index contributed by atoms with van der Waals surface area (Å²) in [7, 11) is 0. The molecule has 20 heavy (non-hydrogen) atoms. The van der Waals surface area contributed by atoms with Crippen molar-refractivity contribution in [3.63, 3.8) is 0 Å². The van der Waals surface area contributed by atoms with Gasteiger partial charge in [-0.2, -0.15) is 0 Å². The van der Waals surface area contributed by atoms with Crippen molar-refractivity contribution in [3.8, 4) is 0 Å². The van der Waals surface area contributed by atoms with Crippen molar-refractivity contribution in [2.45, 2.75) is 71.0 Å². The third-order valence-electron chi connectivity index (χ3n) is 3.43. The summed E-state index contributed by atoms with van der Waals surface area (Å²) < 4.78 is 10.2. The Morgan fingerprint density at radius 1 is 1.25 bits per heavy atom. The summed E-state index contributed by atoms with van der Waals surface area (Å²) in [6.45, 7) is 7.54. The second-order valence-electron chi connectivity index (χ2n) is 6.51. The lowest BCUT2D eigenvalue weighted by Crippen LogP contribution is -2.40. The van der Waals surface area contributed by atoms with Gasteiger partial charge in [-0.1, -0.05) is 0 Å². The van der Waals surface area contributed by atoms with Crippen LogP contribution in [0.5, 0.6) is 0 Å². The van der Waals surface area contributed by atoms with E-state index in [1.54, 1.807) is 27.7 Å². The van der Waals surface area contributed by atoms with E-state index in [2.05, 4.69) is 0 Å². The number of carbonyl (C=O) groups is 2. The summed E-state index contributed by atoms with van der Waals surface area (Å²) in [6.07, 6.45) is 1.95. The van der Waals surface area contributed by atoms with E-state index in [1.807, 2.05) is 0 Å². The SMILES string of the molecule is CCOC(=O)C1CCC(O)(CC(=O)OC(C)(C)C)CC1. The van der Waals surface area contributed by atoms with Gasteiger partial charge in [0.05, 0.1) is 24.5 Å². The van der Waals surface area contributed by atoms with E-state index in [-0.39, 0.29) is 18.3 Å². The fourth-order valence-electron chi connectivity index (χ4n) is 2.47. The minimum atomic E-state index is -1.05. The molecule has 0 heterocycles. The molecule has 1 N–H and O–H groups in total. The largest absolute Gasteiger partial charge is 0.466 e. The number of esters is 2. The second kappa shape index (κ2) is 6.57. The van der Waals surface area contributed by atoms with Crippen molar-refractivity contribution in [2.75, 3.05) is 6.61 Å². The number of hydrogen-bond acceptors (Lipinski definition) is 5. The number of aliphatic hydroxyl groups is 1. The lowest BCUT2D eigenvalue weighted by molar-refractivity contribution is -0.162. The van der Waals surface area contributed by atoms with Crippen molar-refractivity contribution in [2.24, 2.45) is 5.92 Å². The van der Waals surface area contributed by atoms with Gasteiger partial charge in [0, 0.05) is 0 Å². The molecule has 1 rings (SSSR count). The molecule has 0 spiro atoms. The predicted molar refractivity (Wildman–Crippen MR) is 74.0 cm³/mol. The lowest BCUT2D eigenvalue weighted by Gasteiger charge is -2.35. The molecule has 0 bridgehead atoms. The van der Waals surface area contributed by atoms with E-state index < -0.39 is 17.2 Å². The third kappa shape index (κ3) is 5.49. The summed E-state index contributed by atoms with van der Waals surface area (Å²) in [4.78, 5) is 23.4. The standard InChI is InChI=1S/C15H26O5/c1-5-19-13(17)11-6-8-15(18,9-7-11)10-12(16)20-14(2,3)4/h11,18H,5-10H2,1-4H3. The minimum absolute atomic E-state index is 0.0141. The highest BCUT2D eigenvalue weighted by Crippen LogP contribution is 2.35. The van der Waals surface area contributed by atoms with Gasteiger partial charge in [-0.15, -0.1) is 0 Å². The smallest absolute Gasteiger partial charge is 0.309 e. The van der Waals surface area contributed by atoms with Gasteiger partial charge in [0.2, 0.25) is 0 Å². The van der Waals surface area contributed by atoms with Gasteiger partial charge in [0.15, 0.2) is 0 Å². The summed E-state index contributed by atoms with van der Waals surface area (Å²) in [5.41, 5.74) is -1.60. The summed E-state index contributed by atoms with van der Waals surface area (Å²) in [5, 5.41) is 10.4. The summed E-state index contributed by atoms with van der Waals surface area (Å²) >= 11 is 0. The first-order chi connectivity index (χ1) is 9.15. The molecule has 0 aromatic rings. The highest BCUT2D eigenvalue weighted by molar-refractivity contribution is 5.73. The molecule has 0 aliphatic heterocycles. The van der Waals surface area contributed by atoms with Crippen LogP contribution in [0.3, 0.4) is 0 Å². The van der Waals surface area contributed by atoms with Crippen molar-refractivity contribution in [3.05, 3.63) is 0 Å². The van der Waals surface area contributed by atoms with Crippen molar-refractivity contribution in [1.29, 1.82) is 0 Å². The Kier molecular flexibility index (Phi) is 5.57. The number of rotatable bonds is 4. The molecule has 0 saturated heterocycles. The van der Waals surface area contributed by atoms with Crippen molar-refractivity contribution in [1.82, 2.24) is 0 Å². The Morgan fingerprint density at radius 3 is 2.25 bits per heavy atom. The van der Waals surface area contributed by atoms with Gasteiger partial charge < -0.3 is 14.6 Å². The average Bonchev–Trinajstić information content (AvgIpc) is 2.26. The molecular formula is C15H26O5. The van der Waals surface area contributed by atoms with Crippen LogP contribution in [-0.4, -0.2) is 34.9 Å². The van der Waals surface area contributed by atoms with Crippen LogP contribution < -0.4 is 0 Å². The number of ether oxygens (including phenoxy) is 2. The zero-order chi connectivity index (χ0) is 15.4. The van der Waals surface area contributed by atoms with Gasteiger partial charge >= 0.3 is 11.9 Å². The molecule has 0 aromatic carbocycles.